The third-order valence-corrected chi connectivity index (χ3v) is 5.49. The van der Waals surface area contributed by atoms with Gasteiger partial charge in [0.2, 0.25) is 0 Å². The number of rotatable bonds is 1. The second kappa shape index (κ2) is 4.86. The Balaban J connectivity index is 1.73. The van der Waals surface area contributed by atoms with Gasteiger partial charge in [0, 0.05) is 22.7 Å². The maximum atomic E-state index is 6.21. The van der Waals surface area contributed by atoms with Gasteiger partial charge in [0.1, 0.15) is 17.6 Å². The van der Waals surface area contributed by atoms with Crippen LogP contribution in [0.4, 0.5) is 5.69 Å². The van der Waals surface area contributed by atoms with Gasteiger partial charge in [0.25, 0.3) is 0 Å². The number of halogens is 1. The van der Waals surface area contributed by atoms with Gasteiger partial charge in [-0.05, 0) is 36.1 Å². The van der Waals surface area contributed by atoms with Crippen LogP contribution in [0.1, 0.15) is 29.5 Å². The van der Waals surface area contributed by atoms with Crippen LogP contribution >= 0.6 is 15.9 Å². The van der Waals surface area contributed by atoms with E-state index < -0.39 is 0 Å². The molecule has 2 bridgehead atoms. The molecule has 23 heavy (non-hydrogen) atoms. The lowest BCUT2D eigenvalue weighted by atomic mass is 9.99. The molecule has 0 N–H and O–H groups in total. The van der Waals surface area contributed by atoms with Crippen molar-refractivity contribution in [2.45, 2.75) is 31.9 Å². The van der Waals surface area contributed by atoms with Gasteiger partial charge >= 0.3 is 0 Å². The van der Waals surface area contributed by atoms with Crippen molar-refractivity contribution >= 4 is 32.4 Å². The predicted molar refractivity (Wildman–Crippen MR) is 93.5 cm³/mol. The molecule has 1 saturated heterocycles. The Kier molecular flexibility index (Phi) is 2.88. The lowest BCUT2D eigenvalue weighted by Crippen LogP contribution is -2.27. The minimum absolute atomic E-state index is 0.152. The average Bonchev–Trinajstić information content (AvgIpc) is 3.11. The van der Waals surface area contributed by atoms with E-state index in [9.17, 15) is 0 Å². The molecule has 0 amide bonds. The molecule has 2 aliphatic heterocycles. The van der Waals surface area contributed by atoms with Gasteiger partial charge < -0.3 is 4.42 Å². The zero-order chi connectivity index (χ0) is 15.6. The van der Waals surface area contributed by atoms with Crippen molar-refractivity contribution in [1.29, 1.82) is 0 Å². The maximum Gasteiger partial charge on any atom is 0.129 e. The summed E-state index contributed by atoms with van der Waals surface area (Å²) in [6, 6.07) is 15.0. The van der Waals surface area contributed by atoms with E-state index in [1.54, 1.807) is 0 Å². The number of aryl methyl sites for hydroxylation is 1. The van der Waals surface area contributed by atoms with Crippen molar-refractivity contribution in [3.63, 3.8) is 0 Å². The van der Waals surface area contributed by atoms with Crippen LogP contribution in [0.5, 0.6) is 0 Å². The molecule has 5 rings (SSSR count). The average molecular weight is 370 g/mol. The summed E-state index contributed by atoms with van der Waals surface area (Å²) in [4.78, 5) is 6.21. The topological polar surface area (TPSA) is 25.6 Å². The largest absolute Gasteiger partial charge is 0.464 e. The molecule has 3 heterocycles. The quantitative estimate of drug-likeness (QED) is 0.581. The van der Waals surface area contributed by atoms with Crippen LogP contribution < -0.4 is 5.06 Å². The molecule has 0 spiro atoms. The second-order valence-corrected chi connectivity index (χ2v) is 7.22. The molecule has 0 aliphatic carbocycles. The van der Waals surface area contributed by atoms with Crippen LogP contribution in [0, 0.1) is 6.92 Å². The summed E-state index contributed by atoms with van der Waals surface area (Å²) in [5.41, 5.74) is 2.54. The second-order valence-electron chi connectivity index (χ2n) is 6.37. The highest BCUT2D eigenvalue weighted by molar-refractivity contribution is 9.10. The SMILES string of the molecule is Cc1ccc([C@@H]2C[C@@H]3Cc4cc(Br)c5ccccc5c4N2O3)o1. The molecule has 4 heteroatoms. The first-order chi connectivity index (χ1) is 11.2. The van der Waals surface area contributed by atoms with E-state index in [2.05, 4.69) is 57.4 Å². The van der Waals surface area contributed by atoms with Crippen molar-refractivity contribution in [3.05, 3.63) is 64.0 Å². The van der Waals surface area contributed by atoms with E-state index in [-0.39, 0.29) is 12.1 Å². The highest BCUT2D eigenvalue weighted by Crippen LogP contribution is 2.49. The fourth-order valence-corrected chi connectivity index (χ4v) is 4.47. The van der Waals surface area contributed by atoms with Gasteiger partial charge in [0.05, 0.1) is 11.8 Å². The molecule has 3 nitrogen and oxygen atoms in total. The third kappa shape index (κ3) is 1.98. The summed E-state index contributed by atoms with van der Waals surface area (Å²) in [6.07, 6.45) is 2.14. The van der Waals surface area contributed by atoms with E-state index in [4.69, 9.17) is 9.25 Å². The van der Waals surface area contributed by atoms with Gasteiger partial charge in [-0.1, -0.05) is 40.2 Å². The number of hydroxylamine groups is 1. The number of hydrogen-bond donors (Lipinski definition) is 0. The smallest absolute Gasteiger partial charge is 0.129 e. The Labute approximate surface area is 142 Å². The van der Waals surface area contributed by atoms with Crippen molar-refractivity contribution in [3.8, 4) is 0 Å². The molecule has 1 fully saturated rings. The minimum atomic E-state index is 0.152. The molecule has 0 saturated carbocycles. The van der Waals surface area contributed by atoms with E-state index in [0.717, 1.165) is 28.8 Å². The molecule has 2 atom stereocenters. The number of anilines is 1. The number of hydrogen-bond acceptors (Lipinski definition) is 3. The first kappa shape index (κ1) is 13.6. The monoisotopic (exact) mass is 369 g/mol. The summed E-state index contributed by atoms with van der Waals surface area (Å²) in [5.74, 6) is 1.94. The molecule has 3 aromatic rings. The molecule has 0 radical (unpaired) electrons. The zero-order valence-corrected chi connectivity index (χ0v) is 14.3. The van der Waals surface area contributed by atoms with Gasteiger partial charge in [-0.3, -0.25) is 4.84 Å². The first-order valence-corrected chi connectivity index (χ1v) is 8.72. The number of fused-ring (bicyclic) bond motifs is 6. The van der Waals surface area contributed by atoms with E-state index in [1.165, 1.54) is 22.0 Å². The van der Waals surface area contributed by atoms with E-state index in [0.29, 0.717) is 0 Å². The molecular weight excluding hydrogens is 354 g/mol. The van der Waals surface area contributed by atoms with Crippen LogP contribution in [0.3, 0.4) is 0 Å². The normalized spacial score (nSPS) is 22.6. The van der Waals surface area contributed by atoms with Gasteiger partial charge in [0.15, 0.2) is 0 Å². The molecular formula is C19H16BrNO2. The fraction of sp³-hybridized carbons (Fsp3) is 0.263. The lowest BCUT2D eigenvalue weighted by molar-refractivity contribution is 0.0730. The van der Waals surface area contributed by atoms with Crippen LogP contribution in [0.2, 0.25) is 0 Å². The number of nitrogens with zero attached hydrogens (tertiary/aromatic N) is 1. The summed E-state index contributed by atoms with van der Waals surface area (Å²) in [5, 5.41) is 4.52. The van der Waals surface area contributed by atoms with Crippen molar-refractivity contribution in [1.82, 2.24) is 0 Å². The maximum absolute atomic E-state index is 6.21. The first-order valence-electron chi connectivity index (χ1n) is 7.93. The fourth-order valence-electron chi connectivity index (χ4n) is 3.85. The minimum Gasteiger partial charge on any atom is -0.464 e. The number of furan rings is 1. The zero-order valence-electron chi connectivity index (χ0n) is 12.8. The van der Waals surface area contributed by atoms with Gasteiger partial charge in [-0.15, -0.1) is 0 Å². The Bertz CT molecular complexity index is 917. The highest BCUT2D eigenvalue weighted by Gasteiger charge is 2.42. The number of benzene rings is 2. The van der Waals surface area contributed by atoms with E-state index in [1.807, 2.05) is 13.0 Å². The highest BCUT2D eigenvalue weighted by atomic mass is 79.9. The lowest BCUT2D eigenvalue weighted by Gasteiger charge is -2.31. The predicted octanol–water partition coefficient (Wildman–Crippen LogP) is 5.31. The Morgan fingerprint density at radius 1 is 1.13 bits per heavy atom. The standard InChI is InChI=1S/C19H16BrNO2/c1-11-6-7-18(22-11)17-10-13-8-12-9-16(20)14-4-2-3-5-15(14)19(12)21(17)23-13/h2-7,9,13,17H,8,10H2,1H3/t13-,17-/m0/s1. The molecule has 116 valence electrons. The Morgan fingerprint density at radius 3 is 2.74 bits per heavy atom. The van der Waals surface area contributed by atoms with E-state index >= 15 is 0 Å². The molecule has 2 aliphatic rings. The van der Waals surface area contributed by atoms with Crippen LogP contribution in [-0.2, 0) is 11.3 Å². The van der Waals surface area contributed by atoms with Gasteiger partial charge in [-0.25, -0.2) is 5.06 Å². The third-order valence-electron chi connectivity index (χ3n) is 4.83. The Hall–Kier alpha value is -1.78. The summed E-state index contributed by atoms with van der Waals surface area (Å²) < 4.78 is 7.05. The molecule has 2 aromatic carbocycles. The molecule has 0 unspecified atom stereocenters. The summed E-state index contributed by atoms with van der Waals surface area (Å²) in [7, 11) is 0. The van der Waals surface area contributed by atoms with Crippen LogP contribution in [0.15, 0.2) is 51.4 Å². The van der Waals surface area contributed by atoms with Crippen molar-refractivity contribution in [2.75, 3.05) is 5.06 Å². The summed E-state index contributed by atoms with van der Waals surface area (Å²) in [6.45, 7) is 1.99. The van der Waals surface area contributed by atoms with Crippen molar-refractivity contribution in [2.24, 2.45) is 0 Å². The van der Waals surface area contributed by atoms with Gasteiger partial charge in [-0.2, -0.15) is 0 Å². The summed E-state index contributed by atoms with van der Waals surface area (Å²) >= 11 is 3.72. The van der Waals surface area contributed by atoms with Crippen molar-refractivity contribution < 1.29 is 9.25 Å². The van der Waals surface area contributed by atoms with Crippen LogP contribution in [0.25, 0.3) is 10.8 Å². The van der Waals surface area contributed by atoms with Crippen LogP contribution in [-0.4, -0.2) is 6.10 Å². The molecule has 1 aromatic heterocycles. The Morgan fingerprint density at radius 2 is 1.96 bits per heavy atom.